The first kappa shape index (κ1) is 18.9. The van der Waals surface area contributed by atoms with Gasteiger partial charge in [0.05, 0.1) is 5.69 Å². The second kappa shape index (κ2) is 7.52. The van der Waals surface area contributed by atoms with Crippen LogP contribution in [0.1, 0.15) is 11.3 Å². The van der Waals surface area contributed by atoms with Crippen LogP contribution in [0.4, 0.5) is 10.5 Å². The van der Waals surface area contributed by atoms with E-state index in [0.29, 0.717) is 17.2 Å². The van der Waals surface area contributed by atoms with Crippen LogP contribution in [-0.2, 0) is 9.59 Å². The lowest BCUT2D eigenvalue weighted by Crippen LogP contribution is -2.54. The topological polar surface area (TPSA) is 79.6 Å². The Balaban J connectivity index is 1.68. The van der Waals surface area contributed by atoms with Gasteiger partial charge < -0.3 is 4.42 Å². The molecule has 0 spiro atoms. The number of rotatable bonds is 3. The van der Waals surface area contributed by atoms with Crippen molar-refractivity contribution in [2.45, 2.75) is 6.92 Å². The van der Waals surface area contributed by atoms with Crippen molar-refractivity contribution in [3.63, 3.8) is 0 Å². The summed E-state index contributed by atoms with van der Waals surface area (Å²) in [6.07, 6.45) is 1.34. The second-order valence-electron chi connectivity index (χ2n) is 6.48. The van der Waals surface area contributed by atoms with E-state index in [1.807, 2.05) is 25.1 Å². The van der Waals surface area contributed by atoms with E-state index in [9.17, 15) is 14.4 Å². The van der Waals surface area contributed by atoms with Gasteiger partial charge in [0, 0.05) is 10.0 Å². The van der Waals surface area contributed by atoms with E-state index in [4.69, 9.17) is 4.42 Å². The third kappa shape index (κ3) is 3.64. The molecule has 6 nitrogen and oxygen atoms in total. The van der Waals surface area contributed by atoms with Gasteiger partial charge in [0.25, 0.3) is 11.8 Å². The van der Waals surface area contributed by atoms with Crippen molar-refractivity contribution in [3.05, 3.63) is 82.0 Å². The summed E-state index contributed by atoms with van der Waals surface area (Å²) < 4.78 is 6.69. The molecule has 1 fully saturated rings. The van der Waals surface area contributed by atoms with E-state index in [1.54, 1.807) is 42.5 Å². The number of carbonyl (C=O) groups excluding carboxylic acids is 3. The summed E-state index contributed by atoms with van der Waals surface area (Å²) in [7, 11) is 0. The number of hydrogen-bond acceptors (Lipinski definition) is 4. The summed E-state index contributed by atoms with van der Waals surface area (Å²) in [6, 6.07) is 16.9. The summed E-state index contributed by atoms with van der Waals surface area (Å²) in [5.74, 6) is -0.558. The number of imide groups is 2. The molecule has 29 heavy (non-hydrogen) atoms. The molecule has 0 unspecified atom stereocenters. The van der Waals surface area contributed by atoms with E-state index in [2.05, 4.69) is 21.2 Å². The van der Waals surface area contributed by atoms with E-state index in [1.165, 1.54) is 6.08 Å². The fourth-order valence-corrected chi connectivity index (χ4v) is 3.70. The van der Waals surface area contributed by atoms with Gasteiger partial charge in [-0.1, -0.05) is 40.2 Å². The number of hydrogen-bond donors (Lipinski definition) is 1. The van der Waals surface area contributed by atoms with E-state index < -0.39 is 17.8 Å². The molecular weight excluding hydrogens is 436 g/mol. The first-order valence-electron chi connectivity index (χ1n) is 8.77. The Morgan fingerprint density at radius 3 is 2.48 bits per heavy atom. The Morgan fingerprint density at radius 2 is 1.76 bits per heavy atom. The van der Waals surface area contributed by atoms with Gasteiger partial charge in [-0.2, -0.15) is 0 Å². The highest BCUT2D eigenvalue weighted by molar-refractivity contribution is 9.10. The third-order valence-corrected chi connectivity index (χ3v) is 5.08. The summed E-state index contributed by atoms with van der Waals surface area (Å²) in [6.45, 7) is 1.99. The quantitative estimate of drug-likeness (QED) is 0.463. The van der Waals surface area contributed by atoms with Gasteiger partial charge in [-0.15, -0.1) is 0 Å². The van der Waals surface area contributed by atoms with Crippen molar-refractivity contribution in [3.8, 4) is 11.3 Å². The number of amides is 4. The van der Waals surface area contributed by atoms with Gasteiger partial charge in [-0.05, 0) is 55.0 Å². The van der Waals surface area contributed by atoms with E-state index >= 15 is 0 Å². The Kier molecular flexibility index (Phi) is 4.90. The molecule has 0 bridgehead atoms. The van der Waals surface area contributed by atoms with E-state index in [0.717, 1.165) is 20.5 Å². The van der Waals surface area contributed by atoms with Crippen molar-refractivity contribution in [1.82, 2.24) is 5.32 Å². The fourth-order valence-electron chi connectivity index (χ4n) is 3.01. The predicted molar refractivity (Wildman–Crippen MR) is 112 cm³/mol. The molecule has 2 heterocycles. The molecule has 7 heteroatoms. The van der Waals surface area contributed by atoms with Crippen LogP contribution in [0.15, 0.2) is 75.1 Å². The minimum absolute atomic E-state index is 0.183. The van der Waals surface area contributed by atoms with Crippen LogP contribution in [0.3, 0.4) is 0 Å². The molecule has 2 aromatic carbocycles. The second-order valence-corrected chi connectivity index (χ2v) is 7.33. The number of aryl methyl sites for hydroxylation is 1. The van der Waals surface area contributed by atoms with Crippen molar-refractivity contribution >= 4 is 45.5 Å². The number of para-hydroxylation sites is 1. The molecule has 1 saturated heterocycles. The zero-order valence-electron chi connectivity index (χ0n) is 15.3. The number of nitrogens with zero attached hydrogens (tertiary/aromatic N) is 1. The number of furan rings is 1. The molecule has 0 aliphatic carbocycles. The number of nitrogens with one attached hydrogen (secondary N) is 1. The van der Waals surface area contributed by atoms with Gasteiger partial charge >= 0.3 is 6.03 Å². The molecule has 0 saturated carbocycles. The smallest absolute Gasteiger partial charge is 0.335 e. The lowest BCUT2D eigenvalue weighted by Gasteiger charge is -2.26. The number of carbonyl (C=O) groups is 3. The molecule has 3 aromatic rings. The maximum Gasteiger partial charge on any atom is 0.335 e. The first-order valence-corrected chi connectivity index (χ1v) is 9.56. The lowest BCUT2D eigenvalue weighted by atomic mass is 10.1. The van der Waals surface area contributed by atoms with Gasteiger partial charge in [-0.25, -0.2) is 9.69 Å². The number of halogens is 1. The highest BCUT2D eigenvalue weighted by Crippen LogP contribution is 2.31. The van der Waals surface area contributed by atoms with Crippen molar-refractivity contribution in [1.29, 1.82) is 0 Å². The van der Waals surface area contributed by atoms with Crippen LogP contribution >= 0.6 is 15.9 Å². The summed E-state index contributed by atoms with van der Waals surface area (Å²) in [5, 5.41) is 2.19. The standard InChI is InChI=1S/C22H15BrN2O4/c1-13-7-9-16(18(23)11-13)19-10-8-15(29-19)12-17-20(26)24-22(28)25(21(17)27)14-5-3-2-4-6-14/h2-12H,1H3,(H,24,26,28)/b17-12-. The fraction of sp³-hybridized carbons (Fsp3) is 0.0455. The highest BCUT2D eigenvalue weighted by atomic mass is 79.9. The summed E-state index contributed by atoms with van der Waals surface area (Å²) in [5.41, 5.74) is 2.14. The van der Waals surface area contributed by atoms with Crippen LogP contribution in [0.5, 0.6) is 0 Å². The minimum Gasteiger partial charge on any atom is -0.457 e. The van der Waals surface area contributed by atoms with Gasteiger partial charge in [0.1, 0.15) is 17.1 Å². The van der Waals surface area contributed by atoms with Crippen molar-refractivity contribution in [2.75, 3.05) is 4.90 Å². The normalized spacial score (nSPS) is 15.7. The molecular formula is C22H15BrN2O4. The maximum absolute atomic E-state index is 12.8. The lowest BCUT2D eigenvalue weighted by molar-refractivity contribution is -0.122. The Bertz CT molecular complexity index is 1160. The highest BCUT2D eigenvalue weighted by Gasteiger charge is 2.36. The Hall–Kier alpha value is -3.45. The molecule has 0 radical (unpaired) electrons. The Morgan fingerprint density at radius 1 is 1.00 bits per heavy atom. The Labute approximate surface area is 174 Å². The molecule has 1 aromatic heterocycles. The number of anilines is 1. The average Bonchev–Trinajstić information content (AvgIpc) is 3.14. The third-order valence-electron chi connectivity index (χ3n) is 4.42. The van der Waals surface area contributed by atoms with Crippen LogP contribution in [-0.4, -0.2) is 17.8 Å². The number of benzene rings is 2. The van der Waals surface area contributed by atoms with Crippen molar-refractivity contribution in [2.24, 2.45) is 0 Å². The van der Waals surface area contributed by atoms with Crippen LogP contribution in [0.2, 0.25) is 0 Å². The molecule has 144 valence electrons. The monoisotopic (exact) mass is 450 g/mol. The maximum atomic E-state index is 12.8. The molecule has 1 aliphatic heterocycles. The van der Waals surface area contributed by atoms with Gasteiger partial charge in [0.15, 0.2) is 0 Å². The first-order chi connectivity index (χ1) is 13.9. The SMILES string of the molecule is Cc1ccc(-c2ccc(/C=C3/C(=O)NC(=O)N(c4ccccc4)C3=O)o2)c(Br)c1. The largest absolute Gasteiger partial charge is 0.457 e. The minimum atomic E-state index is -0.785. The number of barbiturate groups is 1. The van der Waals surface area contributed by atoms with Crippen LogP contribution < -0.4 is 10.2 Å². The summed E-state index contributed by atoms with van der Waals surface area (Å²) >= 11 is 3.51. The van der Waals surface area contributed by atoms with Crippen LogP contribution in [0.25, 0.3) is 17.4 Å². The molecule has 1 aliphatic rings. The molecule has 4 amide bonds. The molecule has 0 atom stereocenters. The van der Waals surface area contributed by atoms with Crippen molar-refractivity contribution < 1.29 is 18.8 Å². The van der Waals surface area contributed by atoms with Crippen LogP contribution in [0, 0.1) is 6.92 Å². The molecule has 4 rings (SSSR count). The zero-order chi connectivity index (χ0) is 20.5. The predicted octanol–water partition coefficient (Wildman–Crippen LogP) is 4.68. The number of urea groups is 1. The van der Waals surface area contributed by atoms with Gasteiger partial charge in [-0.3, -0.25) is 14.9 Å². The van der Waals surface area contributed by atoms with E-state index in [-0.39, 0.29) is 5.57 Å². The molecule has 1 N–H and O–H groups in total. The summed E-state index contributed by atoms with van der Waals surface area (Å²) in [4.78, 5) is 38.2. The zero-order valence-corrected chi connectivity index (χ0v) is 16.9. The van der Waals surface area contributed by atoms with Gasteiger partial charge in [0.2, 0.25) is 0 Å². The average molecular weight is 451 g/mol.